The highest BCUT2D eigenvalue weighted by molar-refractivity contribution is 6.17. The van der Waals surface area contributed by atoms with E-state index in [9.17, 15) is 10.1 Å². The van der Waals surface area contributed by atoms with Crippen molar-refractivity contribution in [2.45, 2.75) is 32.6 Å². The summed E-state index contributed by atoms with van der Waals surface area (Å²) in [6.07, 6.45) is 2.11. The second-order valence-corrected chi connectivity index (χ2v) is 4.44. The van der Waals surface area contributed by atoms with Gasteiger partial charge in [-0.25, -0.2) is 0 Å². The summed E-state index contributed by atoms with van der Waals surface area (Å²) < 4.78 is 5.70. The van der Waals surface area contributed by atoms with Crippen molar-refractivity contribution in [1.29, 1.82) is 0 Å². The number of nitro groups is 1. The van der Waals surface area contributed by atoms with Gasteiger partial charge in [0, 0.05) is 17.7 Å². The lowest BCUT2D eigenvalue weighted by Gasteiger charge is -2.15. The highest BCUT2D eigenvalue weighted by atomic mass is 35.5. The van der Waals surface area contributed by atoms with Crippen molar-refractivity contribution in [3.8, 4) is 5.75 Å². The van der Waals surface area contributed by atoms with Gasteiger partial charge in [0.2, 0.25) is 0 Å². The molecule has 100 valence electrons. The van der Waals surface area contributed by atoms with Crippen LogP contribution >= 0.6 is 11.6 Å². The zero-order valence-corrected chi connectivity index (χ0v) is 11.4. The van der Waals surface area contributed by atoms with Crippen molar-refractivity contribution >= 4 is 17.3 Å². The Hall–Kier alpha value is -1.29. The first kappa shape index (κ1) is 14.8. The molecule has 0 bridgehead atoms. The molecule has 0 amide bonds. The third-order valence-corrected chi connectivity index (χ3v) is 3.32. The fraction of sp³-hybridized carbons (Fsp3) is 0.538. The predicted octanol–water partition coefficient (Wildman–Crippen LogP) is 4.15. The normalized spacial score (nSPS) is 10.7. The molecule has 0 unspecified atom stereocenters. The number of alkyl halides is 1. The first-order valence-corrected chi connectivity index (χ1v) is 6.61. The van der Waals surface area contributed by atoms with Gasteiger partial charge in [0.1, 0.15) is 5.75 Å². The fourth-order valence-corrected chi connectivity index (χ4v) is 1.87. The van der Waals surface area contributed by atoms with E-state index in [1.54, 1.807) is 6.07 Å². The van der Waals surface area contributed by atoms with E-state index in [1.165, 1.54) is 12.1 Å². The lowest BCUT2D eigenvalue weighted by Crippen LogP contribution is -2.11. The second-order valence-electron chi connectivity index (χ2n) is 4.18. The average Bonchev–Trinajstić information content (AvgIpc) is 2.39. The molecule has 0 spiro atoms. The molecule has 0 saturated carbocycles. The van der Waals surface area contributed by atoms with E-state index in [0.29, 0.717) is 23.8 Å². The molecular weight excluding hydrogens is 254 g/mol. The van der Waals surface area contributed by atoms with Gasteiger partial charge in [0.15, 0.2) is 0 Å². The van der Waals surface area contributed by atoms with Crippen LogP contribution in [0.15, 0.2) is 18.2 Å². The molecule has 4 nitrogen and oxygen atoms in total. The van der Waals surface area contributed by atoms with E-state index in [-0.39, 0.29) is 11.6 Å². The zero-order chi connectivity index (χ0) is 13.5. The lowest BCUT2D eigenvalue weighted by atomic mass is 10.1. The van der Waals surface area contributed by atoms with Gasteiger partial charge in [-0.3, -0.25) is 10.1 Å². The molecule has 0 fully saturated rings. The monoisotopic (exact) mass is 271 g/mol. The quantitative estimate of drug-likeness (QED) is 0.425. The van der Waals surface area contributed by atoms with E-state index >= 15 is 0 Å². The van der Waals surface area contributed by atoms with Gasteiger partial charge >= 0.3 is 0 Å². The van der Waals surface area contributed by atoms with Crippen molar-refractivity contribution in [2.24, 2.45) is 5.92 Å². The first-order chi connectivity index (χ1) is 8.62. The zero-order valence-electron chi connectivity index (χ0n) is 10.7. The number of benzene rings is 1. The van der Waals surface area contributed by atoms with E-state index < -0.39 is 4.92 Å². The van der Waals surface area contributed by atoms with Gasteiger partial charge in [-0.05, 0) is 12.0 Å². The fourth-order valence-electron chi connectivity index (χ4n) is 1.66. The maximum absolute atomic E-state index is 10.7. The molecule has 0 heterocycles. The van der Waals surface area contributed by atoms with Crippen LogP contribution in [0.1, 0.15) is 32.3 Å². The van der Waals surface area contributed by atoms with E-state index in [1.807, 2.05) is 0 Å². The molecule has 0 aliphatic heterocycles. The van der Waals surface area contributed by atoms with E-state index in [2.05, 4.69) is 13.8 Å². The Balaban J connectivity index is 2.79. The van der Waals surface area contributed by atoms with Crippen molar-refractivity contribution in [3.63, 3.8) is 0 Å². The highest BCUT2D eigenvalue weighted by Crippen LogP contribution is 2.26. The number of nitrogens with zero attached hydrogens (tertiary/aromatic N) is 1. The van der Waals surface area contributed by atoms with Crippen LogP contribution < -0.4 is 4.74 Å². The maximum atomic E-state index is 10.7. The van der Waals surface area contributed by atoms with Gasteiger partial charge in [-0.15, -0.1) is 11.6 Å². The van der Waals surface area contributed by atoms with Crippen molar-refractivity contribution in [1.82, 2.24) is 0 Å². The molecule has 0 aromatic heterocycles. The van der Waals surface area contributed by atoms with Crippen LogP contribution in [0.25, 0.3) is 0 Å². The second kappa shape index (κ2) is 7.21. The number of nitro benzene ring substituents is 1. The Morgan fingerprint density at radius 1 is 1.39 bits per heavy atom. The number of hydrogen-bond donors (Lipinski definition) is 0. The van der Waals surface area contributed by atoms with Gasteiger partial charge in [-0.2, -0.15) is 0 Å². The molecule has 0 aliphatic rings. The Kier molecular flexibility index (Phi) is 5.92. The molecule has 0 radical (unpaired) electrons. The summed E-state index contributed by atoms with van der Waals surface area (Å²) in [6.45, 7) is 4.86. The molecule has 1 aromatic carbocycles. The first-order valence-electron chi connectivity index (χ1n) is 6.08. The minimum atomic E-state index is -0.430. The lowest BCUT2D eigenvalue weighted by molar-refractivity contribution is -0.384. The van der Waals surface area contributed by atoms with Crippen LogP contribution in [0.5, 0.6) is 5.75 Å². The van der Waals surface area contributed by atoms with E-state index in [4.69, 9.17) is 16.3 Å². The summed E-state index contributed by atoms with van der Waals surface area (Å²) in [5.74, 6) is 1.35. The summed E-state index contributed by atoms with van der Waals surface area (Å²) in [5, 5.41) is 10.7. The molecular formula is C13H18ClNO3. The molecule has 18 heavy (non-hydrogen) atoms. The number of ether oxygens (including phenoxy) is 1. The van der Waals surface area contributed by atoms with Gasteiger partial charge < -0.3 is 4.74 Å². The van der Waals surface area contributed by atoms with Gasteiger partial charge in [0.25, 0.3) is 5.69 Å². The standard InChI is InChI=1S/C13H18ClNO3/c1-3-10(4-2)9-18-13-6-5-12(15(16)17)7-11(13)8-14/h5-7,10H,3-4,8-9H2,1-2H3. The average molecular weight is 272 g/mol. The third kappa shape index (κ3) is 3.88. The van der Waals surface area contributed by atoms with E-state index in [0.717, 1.165) is 12.8 Å². The Morgan fingerprint density at radius 3 is 2.56 bits per heavy atom. The van der Waals surface area contributed by atoms with Crippen LogP contribution in [0.2, 0.25) is 0 Å². The molecule has 0 aliphatic carbocycles. The maximum Gasteiger partial charge on any atom is 0.270 e. The van der Waals surface area contributed by atoms with Crippen LogP contribution in [-0.4, -0.2) is 11.5 Å². The number of non-ortho nitro benzene ring substituents is 1. The minimum absolute atomic E-state index is 0.0422. The van der Waals surface area contributed by atoms with Crippen LogP contribution in [0.4, 0.5) is 5.69 Å². The highest BCUT2D eigenvalue weighted by Gasteiger charge is 2.12. The topological polar surface area (TPSA) is 52.4 Å². The molecule has 1 aromatic rings. The van der Waals surface area contributed by atoms with Crippen LogP contribution in [0, 0.1) is 16.0 Å². The van der Waals surface area contributed by atoms with Crippen molar-refractivity contribution in [2.75, 3.05) is 6.61 Å². The number of halogens is 1. The van der Waals surface area contributed by atoms with Crippen molar-refractivity contribution < 1.29 is 9.66 Å². The molecule has 5 heteroatoms. The summed E-state index contributed by atoms with van der Waals surface area (Å²) in [6, 6.07) is 4.53. The summed E-state index contributed by atoms with van der Waals surface area (Å²) in [5.41, 5.74) is 0.706. The Morgan fingerprint density at radius 2 is 2.06 bits per heavy atom. The SMILES string of the molecule is CCC(CC)COc1ccc([N+](=O)[O-])cc1CCl. The largest absolute Gasteiger partial charge is 0.493 e. The van der Waals surface area contributed by atoms with Crippen LogP contribution in [0.3, 0.4) is 0 Å². The Bertz CT molecular complexity index is 405. The molecule has 0 atom stereocenters. The van der Waals surface area contributed by atoms with Gasteiger partial charge in [-0.1, -0.05) is 26.7 Å². The smallest absolute Gasteiger partial charge is 0.270 e. The number of rotatable bonds is 7. The number of hydrogen-bond acceptors (Lipinski definition) is 3. The summed E-state index contributed by atoms with van der Waals surface area (Å²) >= 11 is 5.79. The van der Waals surface area contributed by atoms with Gasteiger partial charge in [0.05, 0.1) is 17.4 Å². The molecule has 0 saturated heterocycles. The summed E-state index contributed by atoms with van der Waals surface area (Å²) in [7, 11) is 0. The summed E-state index contributed by atoms with van der Waals surface area (Å²) in [4.78, 5) is 10.2. The predicted molar refractivity (Wildman–Crippen MR) is 72.2 cm³/mol. The van der Waals surface area contributed by atoms with Crippen LogP contribution in [-0.2, 0) is 5.88 Å². The molecule has 1 rings (SSSR count). The van der Waals surface area contributed by atoms with Crippen molar-refractivity contribution in [3.05, 3.63) is 33.9 Å². The molecule has 0 N–H and O–H groups in total. The third-order valence-electron chi connectivity index (χ3n) is 3.03. The Labute approximate surface area is 112 Å². The minimum Gasteiger partial charge on any atom is -0.493 e.